The molecular weight excluding hydrogens is 508 g/mol. The highest BCUT2D eigenvalue weighted by molar-refractivity contribution is 5.77. The summed E-state index contributed by atoms with van der Waals surface area (Å²) >= 11 is 0. The summed E-state index contributed by atoms with van der Waals surface area (Å²) < 4.78 is 34.0. The molecule has 1 saturated heterocycles. The first-order chi connectivity index (χ1) is 19.0. The quantitative estimate of drug-likeness (QED) is 0.326. The van der Waals surface area contributed by atoms with Gasteiger partial charge in [-0.2, -0.15) is 0 Å². The van der Waals surface area contributed by atoms with Gasteiger partial charge in [0.15, 0.2) is 11.6 Å². The van der Waals surface area contributed by atoms with Crippen LogP contribution in [0.25, 0.3) is 22.8 Å². The van der Waals surface area contributed by atoms with Crippen molar-refractivity contribution in [1.82, 2.24) is 29.6 Å². The standard InChI is InChI=1S/C27H27F2N7O3/c28-21-6-2-19(3-7-21)26-32-27(20-4-8-22(29)9-5-20)36(33-26)17-25(38)35-12-10-34(11-13-35)23-16-24(31-18-30-23)39-15-1-14-37/h2-9,16,18,37H,1,10-15,17H2. The van der Waals surface area contributed by atoms with E-state index in [0.29, 0.717) is 73.7 Å². The van der Waals surface area contributed by atoms with Crippen molar-refractivity contribution in [3.8, 4) is 28.7 Å². The van der Waals surface area contributed by atoms with Crippen molar-refractivity contribution in [1.29, 1.82) is 0 Å². The summed E-state index contributed by atoms with van der Waals surface area (Å²) in [5, 5.41) is 13.5. The number of rotatable bonds is 9. The SMILES string of the molecule is O=C(Cn1nc(-c2ccc(F)cc2)nc1-c1ccc(F)cc1)N1CCN(c2cc(OCCCO)ncn2)CC1. The maximum Gasteiger partial charge on any atom is 0.244 e. The fourth-order valence-electron chi connectivity index (χ4n) is 4.22. The summed E-state index contributed by atoms with van der Waals surface area (Å²) in [5.41, 5.74) is 1.21. The van der Waals surface area contributed by atoms with E-state index < -0.39 is 0 Å². The zero-order chi connectivity index (χ0) is 27.2. The average Bonchev–Trinajstić information content (AvgIpc) is 3.38. The van der Waals surface area contributed by atoms with Crippen LogP contribution in [0.3, 0.4) is 0 Å². The highest BCUT2D eigenvalue weighted by atomic mass is 19.1. The number of aliphatic hydroxyl groups is 1. The number of anilines is 1. The summed E-state index contributed by atoms with van der Waals surface area (Å²) in [6.45, 7) is 2.45. The van der Waals surface area contributed by atoms with Gasteiger partial charge in [0.2, 0.25) is 11.8 Å². The summed E-state index contributed by atoms with van der Waals surface area (Å²) in [6.07, 6.45) is 1.95. The van der Waals surface area contributed by atoms with Gasteiger partial charge in [0, 0.05) is 56.4 Å². The number of aliphatic hydroxyl groups excluding tert-OH is 1. The molecule has 0 unspecified atom stereocenters. The molecule has 5 rings (SSSR count). The van der Waals surface area contributed by atoms with Crippen LogP contribution in [0.1, 0.15) is 6.42 Å². The number of benzene rings is 2. The Morgan fingerprint density at radius 3 is 2.26 bits per heavy atom. The second kappa shape index (κ2) is 11.9. The highest BCUT2D eigenvalue weighted by Crippen LogP contribution is 2.24. The Morgan fingerprint density at radius 2 is 1.59 bits per heavy atom. The highest BCUT2D eigenvalue weighted by Gasteiger charge is 2.24. The molecule has 3 heterocycles. The van der Waals surface area contributed by atoms with Crippen LogP contribution in [0, 0.1) is 11.6 Å². The van der Waals surface area contributed by atoms with Crippen LogP contribution >= 0.6 is 0 Å². The van der Waals surface area contributed by atoms with E-state index in [2.05, 4.69) is 25.0 Å². The number of hydrogen-bond donors (Lipinski definition) is 1. The van der Waals surface area contributed by atoms with E-state index in [-0.39, 0.29) is 30.7 Å². The molecule has 2 aromatic carbocycles. The second-order valence-corrected chi connectivity index (χ2v) is 8.94. The number of ether oxygens (including phenoxy) is 1. The van der Waals surface area contributed by atoms with Crippen molar-refractivity contribution >= 4 is 11.7 Å². The smallest absolute Gasteiger partial charge is 0.244 e. The molecule has 4 aromatic rings. The molecule has 0 radical (unpaired) electrons. The zero-order valence-electron chi connectivity index (χ0n) is 21.1. The predicted molar refractivity (Wildman–Crippen MR) is 139 cm³/mol. The molecule has 0 atom stereocenters. The van der Waals surface area contributed by atoms with Gasteiger partial charge in [0.05, 0.1) is 6.61 Å². The number of halogens is 2. The van der Waals surface area contributed by atoms with E-state index in [9.17, 15) is 13.6 Å². The van der Waals surface area contributed by atoms with E-state index in [0.717, 1.165) is 0 Å². The van der Waals surface area contributed by atoms with E-state index in [4.69, 9.17) is 9.84 Å². The van der Waals surface area contributed by atoms with E-state index >= 15 is 0 Å². The molecule has 10 nitrogen and oxygen atoms in total. The summed E-state index contributed by atoms with van der Waals surface area (Å²) in [6, 6.07) is 13.3. The van der Waals surface area contributed by atoms with Crippen molar-refractivity contribution in [2.75, 3.05) is 44.3 Å². The van der Waals surface area contributed by atoms with Gasteiger partial charge in [-0.1, -0.05) is 0 Å². The lowest BCUT2D eigenvalue weighted by Crippen LogP contribution is -2.50. The Hall–Kier alpha value is -4.45. The molecule has 1 aliphatic heterocycles. The largest absolute Gasteiger partial charge is 0.477 e. The van der Waals surface area contributed by atoms with Crippen molar-refractivity contribution in [2.24, 2.45) is 0 Å². The van der Waals surface area contributed by atoms with Gasteiger partial charge in [-0.15, -0.1) is 5.10 Å². The van der Waals surface area contributed by atoms with Crippen LogP contribution in [0.5, 0.6) is 5.88 Å². The first-order valence-electron chi connectivity index (χ1n) is 12.6. The molecule has 2 aromatic heterocycles. The number of carbonyl (C=O) groups is 1. The zero-order valence-corrected chi connectivity index (χ0v) is 21.1. The molecule has 0 spiro atoms. The van der Waals surface area contributed by atoms with Crippen LogP contribution in [0.4, 0.5) is 14.6 Å². The number of piperazine rings is 1. The Labute approximate surface area is 223 Å². The first kappa shape index (κ1) is 26.2. The van der Waals surface area contributed by atoms with Crippen molar-refractivity contribution < 1.29 is 23.4 Å². The molecule has 1 amide bonds. The predicted octanol–water partition coefficient (Wildman–Crippen LogP) is 2.79. The van der Waals surface area contributed by atoms with Crippen LogP contribution in [-0.4, -0.2) is 80.0 Å². The van der Waals surface area contributed by atoms with Gasteiger partial charge in [-0.25, -0.2) is 28.4 Å². The van der Waals surface area contributed by atoms with Crippen molar-refractivity contribution in [3.05, 3.63) is 72.6 Å². The lowest BCUT2D eigenvalue weighted by atomic mass is 10.2. The lowest BCUT2D eigenvalue weighted by Gasteiger charge is -2.35. The fourth-order valence-corrected chi connectivity index (χ4v) is 4.22. The molecule has 0 bridgehead atoms. The van der Waals surface area contributed by atoms with Gasteiger partial charge in [-0.05, 0) is 48.5 Å². The third kappa shape index (κ3) is 6.34. The molecule has 0 aliphatic carbocycles. The fraction of sp³-hybridized carbons (Fsp3) is 0.296. The second-order valence-electron chi connectivity index (χ2n) is 8.94. The monoisotopic (exact) mass is 535 g/mol. The molecule has 1 N–H and O–H groups in total. The Morgan fingerprint density at radius 1 is 0.923 bits per heavy atom. The van der Waals surface area contributed by atoms with Crippen LogP contribution in [0.15, 0.2) is 60.9 Å². The normalized spacial score (nSPS) is 13.5. The number of carbonyl (C=O) groups excluding carboxylic acids is 1. The van der Waals surface area contributed by atoms with E-state index in [1.54, 1.807) is 35.2 Å². The van der Waals surface area contributed by atoms with Crippen LogP contribution in [0.2, 0.25) is 0 Å². The van der Waals surface area contributed by atoms with E-state index in [1.165, 1.54) is 35.3 Å². The van der Waals surface area contributed by atoms with Crippen LogP contribution in [-0.2, 0) is 11.3 Å². The minimum atomic E-state index is -0.384. The summed E-state index contributed by atoms with van der Waals surface area (Å²) in [7, 11) is 0. The summed E-state index contributed by atoms with van der Waals surface area (Å²) in [5.74, 6) is 0.995. The summed E-state index contributed by atoms with van der Waals surface area (Å²) in [4.78, 5) is 30.1. The van der Waals surface area contributed by atoms with Gasteiger partial charge in [-0.3, -0.25) is 4.79 Å². The maximum atomic E-state index is 13.5. The number of amides is 1. The van der Waals surface area contributed by atoms with Gasteiger partial charge in [0.1, 0.15) is 30.3 Å². The molecule has 1 fully saturated rings. The minimum absolute atomic E-state index is 0.0431. The molecule has 202 valence electrons. The first-order valence-corrected chi connectivity index (χ1v) is 12.6. The Balaban J connectivity index is 1.28. The number of aromatic nitrogens is 5. The average molecular weight is 536 g/mol. The van der Waals surface area contributed by atoms with Gasteiger partial charge < -0.3 is 19.6 Å². The van der Waals surface area contributed by atoms with Crippen molar-refractivity contribution in [3.63, 3.8) is 0 Å². The molecule has 39 heavy (non-hydrogen) atoms. The van der Waals surface area contributed by atoms with Crippen LogP contribution < -0.4 is 9.64 Å². The molecular formula is C27H27F2N7O3. The Kier molecular flexibility index (Phi) is 8.02. The third-order valence-electron chi connectivity index (χ3n) is 6.30. The molecule has 1 aliphatic rings. The van der Waals surface area contributed by atoms with Gasteiger partial charge in [0.25, 0.3) is 0 Å². The minimum Gasteiger partial charge on any atom is -0.477 e. The molecule has 0 saturated carbocycles. The number of nitrogens with zero attached hydrogens (tertiary/aromatic N) is 7. The van der Waals surface area contributed by atoms with E-state index in [1.807, 2.05) is 0 Å². The maximum absolute atomic E-state index is 13.5. The van der Waals surface area contributed by atoms with Crippen molar-refractivity contribution in [2.45, 2.75) is 13.0 Å². The molecule has 12 heteroatoms. The number of hydrogen-bond acceptors (Lipinski definition) is 8. The topological polar surface area (TPSA) is 110 Å². The third-order valence-corrected chi connectivity index (χ3v) is 6.30. The Bertz CT molecular complexity index is 1410. The lowest BCUT2D eigenvalue weighted by molar-refractivity contribution is -0.132. The van der Waals surface area contributed by atoms with Gasteiger partial charge >= 0.3 is 0 Å².